The molecule has 2 aromatic rings. The SMILES string of the molecule is O=C(CCNC(=O)c1cccs1)NC1CCN(Cc2ccccc2)CC1. The average Bonchev–Trinajstić information content (AvgIpc) is 3.19. The van der Waals surface area contributed by atoms with Crippen molar-refractivity contribution in [3.63, 3.8) is 0 Å². The molecule has 1 aromatic heterocycles. The highest BCUT2D eigenvalue weighted by molar-refractivity contribution is 7.12. The Morgan fingerprint density at radius 3 is 2.54 bits per heavy atom. The first-order valence-electron chi connectivity index (χ1n) is 9.08. The van der Waals surface area contributed by atoms with Crippen LogP contribution in [-0.4, -0.2) is 42.4 Å². The summed E-state index contributed by atoms with van der Waals surface area (Å²) in [7, 11) is 0. The van der Waals surface area contributed by atoms with Crippen molar-refractivity contribution in [2.24, 2.45) is 0 Å². The average molecular weight is 372 g/mol. The molecule has 0 atom stereocenters. The maximum atomic E-state index is 12.1. The van der Waals surface area contributed by atoms with Crippen LogP contribution >= 0.6 is 11.3 Å². The third-order valence-corrected chi connectivity index (χ3v) is 5.45. The van der Waals surface area contributed by atoms with E-state index in [1.165, 1.54) is 16.9 Å². The van der Waals surface area contributed by atoms with Crippen molar-refractivity contribution in [1.29, 1.82) is 0 Å². The molecule has 3 rings (SSSR count). The van der Waals surface area contributed by atoms with Crippen LogP contribution < -0.4 is 10.6 Å². The zero-order chi connectivity index (χ0) is 18.2. The van der Waals surface area contributed by atoms with E-state index < -0.39 is 0 Å². The fraction of sp³-hybridized carbons (Fsp3) is 0.400. The molecule has 0 saturated carbocycles. The Balaban J connectivity index is 1.31. The zero-order valence-corrected chi connectivity index (χ0v) is 15.6. The number of hydrogen-bond acceptors (Lipinski definition) is 4. The second-order valence-corrected chi connectivity index (χ2v) is 7.53. The second-order valence-electron chi connectivity index (χ2n) is 6.59. The highest BCUT2D eigenvalue weighted by atomic mass is 32.1. The number of carbonyl (C=O) groups is 2. The molecule has 2 amide bonds. The third-order valence-electron chi connectivity index (χ3n) is 4.58. The van der Waals surface area contributed by atoms with Gasteiger partial charge in [-0.25, -0.2) is 0 Å². The highest BCUT2D eigenvalue weighted by Crippen LogP contribution is 2.14. The summed E-state index contributed by atoms with van der Waals surface area (Å²) in [5, 5.41) is 7.75. The molecule has 138 valence electrons. The standard InChI is InChI=1S/C20H25N3O2S/c24-19(8-11-21-20(25)18-7-4-14-26-18)22-17-9-12-23(13-10-17)15-16-5-2-1-3-6-16/h1-7,14,17H,8-13,15H2,(H,21,25)(H,22,24). The predicted octanol–water partition coefficient (Wildman–Crippen LogP) is 2.65. The molecule has 6 heteroatoms. The van der Waals surface area contributed by atoms with Crippen molar-refractivity contribution >= 4 is 23.2 Å². The smallest absolute Gasteiger partial charge is 0.261 e. The largest absolute Gasteiger partial charge is 0.353 e. The van der Waals surface area contributed by atoms with Crippen molar-refractivity contribution < 1.29 is 9.59 Å². The number of thiophene rings is 1. The lowest BCUT2D eigenvalue weighted by Gasteiger charge is -2.32. The molecule has 1 saturated heterocycles. The van der Waals surface area contributed by atoms with Gasteiger partial charge < -0.3 is 10.6 Å². The number of carbonyl (C=O) groups excluding carboxylic acids is 2. The molecule has 1 fully saturated rings. The molecule has 0 radical (unpaired) electrons. The van der Waals surface area contributed by atoms with Crippen molar-refractivity contribution in [2.45, 2.75) is 31.8 Å². The predicted molar refractivity (Wildman–Crippen MR) is 104 cm³/mol. The lowest BCUT2D eigenvalue weighted by Crippen LogP contribution is -2.44. The molecular weight excluding hydrogens is 346 g/mol. The first-order valence-corrected chi connectivity index (χ1v) is 9.96. The van der Waals surface area contributed by atoms with Gasteiger partial charge in [-0.2, -0.15) is 0 Å². The van der Waals surface area contributed by atoms with E-state index in [9.17, 15) is 9.59 Å². The van der Waals surface area contributed by atoms with Gasteiger partial charge in [0.1, 0.15) is 0 Å². The molecule has 5 nitrogen and oxygen atoms in total. The van der Waals surface area contributed by atoms with E-state index in [1.54, 1.807) is 6.07 Å². The summed E-state index contributed by atoms with van der Waals surface area (Å²) in [6, 6.07) is 14.3. The van der Waals surface area contributed by atoms with E-state index in [2.05, 4.69) is 39.8 Å². The number of hydrogen-bond donors (Lipinski definition) is 2. The van der Waals surface area contributed by atoms with Gasteiger partial charge in [-0.15, -0.1) is 11.3 Å². The van der Waals surface area contributed by atoms with Crippen LogP contribution in [0, 0.1) is 0 Å². The lowest BCUT2D eigenvalue weighted by atomic mass is 10.0. The van der Waals surface area contributed by atoms with Gasteiger partial charge in [0.15, 0.2) is 0 Å². The third kappa shape index (κ3) is 5.68. The molecular formula is C20H25N3O2S. The van der Waals surface area contributed by atoms with E-state index in [0.717, 1.165) is 32.5 Å². The zero-order valence-electron chi connectivity index (χ0n) is 14.8. The Kier molecular flexibility index (Phi) is 6.80. The first-order chi connectivity index (χ1) is 12.7. The molecule has 1 aliphatic heterocycles. The van der Waals surface area contributed by atoms with Crippen molar-refractivity contribution in [1.82, 2.24) is 15.5 Å². The lowest BCUT2D eigenvalue weighted by molar-refractivity contribution is -0.122. The van der Waals surface area contributed by atoms with Crippen molar-refractivity contribution in [3.8, 4) is 0 Å². The van der Waals surface area contributed by atoms with Gasteiger partial charge >= 0.3 is 0 Å². The van der Waals surface area contributed by atoms with Crippen LogP contribution in [0.25, 0.3) is 0 Å². The molecule has 0 aliphatic carbocycles. The van der Waals surface area contributed by atoms with Crippen LogP contribution in [0.1, 0.15) is 34.5 Å². The van der Waals surface area contributed by atoms with Gasteiger partial charge in [0.05, 0.1) is 4.88 Å². The van der Waals surface area contributed by atoms with Crippen LogP contribution in [-0.2, 0) is 11.3 Å². The molecule has 2 N–H and O–H groups in total. The molecule has 0 bridgehead atoms. The summed E-state index contributed by atoms with van der Waals surface area (Å²) in [4.78, 5) is 27.0. The van der Waals surface area contributed by atoms with E-state index in [1.807, 2.05) is 17.5 Å². The topological polar surface area (TPSA) is 61.4 Å². The highest BCUT2D eigenvalue weighted by Gasteiger charge is 2.20. The number of rotatable bonds is 7. The van der Waals surface area contributed by atoms with Gasteiger partial charge in [-0.1, -0.05) is 36.4 Å². The molecule has 1 aromatic carbocycles. The summed E-state index contributed by atoms with van der Waals surface area (Å²) in [5.74, 6) is -0.0972. The van der Waals surface area contributed by atoms with Gasteiger partial charge in [-0.3, -0.25) is 14.5 Å². The van der Waals surface area contributed by atoms with E-state index in [4.69, 9.17) is 0 Å². The van der Waals surface area contributed by atoms with Gasteiger partial charge in [-0.05, 0) is 29.9 Å². The quantitative estimate of drug-likeness (QED) is 0.787. The van der Waals surface area contributed by atoms with E-state index in [0.29, 0.717) is 17.8 Å². The Morgan fingerprint density at radius 2 is 1.85 bits per heavy atom. The Labute approximate surface area is 158 Å². The van der Waals surface area contributed by atoms with Crippen LogP contribution in [0.4, 0.5) is 0 Å². The fourth-order valence-electron chi connectivity index (χ4n) is 3.16. The molecule has 2 heterocycles. The van der Waals surface area contributed by atoms with E-state index in [-0.39, 0.29) is 17.9 Å². The summed E-state index contributed by atoms with van der Waals surface area (Å²) in [5.41, 5.74) is 1.33. The maximum absolute atomic E-state index is 12.1. The summed E-state index contributed by atoms with van der Waals surface area (Å²) < 4.78 is 0. The Morgan fingerprint density at radius 1 is 1.08 bits per heavy atom. The minimum atomic E-state index is -0.109. The maximum Gasteiger partial charge on any atom is 0.261 e. The van der Waals surface area contributed by atoms with Crippen LogP contribution in [0.3, 0.4) is 0 Å². The Bertz CT molecular complexity index is 695. The summed E-state index contributed by atoms with van der Waals surface area (Å²) in [6.45, 7) is 3.33. The van der Waals surface area contributed by atoms with Crippen molar-refractivity contribution in [2.75, 3.05) is 19.6 Å². The Hall–Kier alpha value is -2.18. The second kappa shape index (κ2) is 9.50. The number of piperidine rings is 1. The fourth-order valence-corrected chi connectivity index (χ4v) is 3.80. The number of likely N-dealkylation sites (tertiary alicyclic amines) is 1. The van der Waals surface area contributed by atoms with Crippen LogP contribution in [0.15, 0.2) is 47.8 Å². The monoisotopic (exact) mass is 371 g/mol. The normalized spacial score (nSPS) is 15.5. The molecule has 26 heavy (non-hydrogen) atoms. The first kappa shape index (κ1) is 18.6. The van der Waals surface area contributed by atoms with Gasteiger partial charge in [0, 0.05) is 38.6 Å². The van der Waals surface area contributed by atoms with Gasteiger partial charge in [0.2, 0.25) is 5.91 Å². The minimum Gasteiger partial charge on any atom is -0.353 e. The molecule has 0 spiro atoms. The summed E-state index contributed by atoms with van der Waals surface area (Å²) >= 11 is 1.40. The van der Waals surface area contributed by atoms with Gasteiger partial charge in [0.25, 0.3) is 5.91 Å². The van der Waals surface area contributed by atoms with E-state index >= 15 is 0 Å². The number of nitrogens with one attached hydrogen (secondary N) is 2. The van der Waals surface area contributed by atoms with Crippen LogP contribution in [0.2, 0.25) is 0 Å². The minimum absolute atomic E-state index is 0.0120. The molecule has 1 aliphatic rings. The number of benzene rings is 1. The van der Waals surface area contributed by atoms with Crippen LogP contribution in [0.5, 0.6) is 0 Å². The number of amides is 2. The summed E-state index contributed by atoms with van der Waals surface area (Å²) in [6.07, 6.45) is 2.27. The number of nitrogens with zero attached hydrogens (tertiary/aromatic N) is 1. The van der Waals surface area contributed by atoms with Crippen molar-refractivity contribution in [3.05, 3.63) is 58.3 Å². The molecule has 0 unspecified atom stereocenters.